The van der Waals surface area contributed by atoms with Crippen molar-refractivity contribution in [1.82, 2.24) is 19.4 Å². The second-order valence-electron chi connectivity index (χ2n) is 13.4. The number of aromatic nitrogens is 2. The topological polar surface area (TPSA) is 71.6 Å². The van der Waals surface area contributed by atoms with Crippen molar-refractivity contribution in [3.05, 3.63) is 112 Å². The number of imidazole rings is 1. The van der Waals surface area contributed by atoms with Crippen LogP contribution in [0.1, 0.15) is 72.9 Å². The smallest absolute Gasteiger partial charge is 0.289 e. The van der Waals surface area contributed by atoms with Crippen LogP contribution in [0.15, 0.2) is 94.1 Å². The van der Waals surface area contributed by atoms with Crippen molar-refractivity contribution < 1.29 is 9.21 Å². The van der Waals surface area contributed by atoms with E-state index in [0.29, 0.717) is 42.2 Å². The van der Waals surface area contributed by atoms with E-state index in [1.165, 1.54) is 42.8 Å². The van der Waals surface area contributed by atoms with Gasteiger partial charge in [0, 0.05) is 37.3 Å². The predicted molar refractivity (Wildman–Crippen MR) is 177 cm³/mol. The van der Waals surface area contributed by atoms with Gasteiger partial charge in [-0.05, 0) is 93.7 Å². The van der Waals surface area contributed by atoms with Gasteiger partial charge in [0.25, 0.3) is 5.91 Å². The Morgan fingerprint density at radius 2 is 1.58 bits per heavy atom. The fourth-order valence-electron chi connectivity index (χ4n) is 8.77. The van der Waals surface area contributed by atoms with Crippen LogP contribution < -0.4 is 5.43 Å². The summed E-state index contributed by atoms with van der Waals surface area (Å²) < 4.78 is 8.42. The second-order valence-corrected chi connectivity index (χ2v) is 13.4. The number of rotatable bonds is 6. The summed E-state index contributed by atoms with van der Waals surface area (Å²) in [5.74, 6) is 1.06. The molecule has 8 rings (SSSR count). The molecule has 45 heavy (non-hydrogen) atoms. The SMILES string of the molecule is Cc1nc2ccccc2n1[C@H]1C[C@H]2CC[C@@H](C1)N2CCC1(c2ccccc2)CCN(C(=O)c2cc(=O)c3ccccc3o2)CC1. The summed E-state index contributed by atoms with van der Waals surface area (Å²) in [5.41, 5.74) is 4.03. The van der Waals surface area contributed by atoms with Crippen molar-refractivity contribution in [2.75, 3.05) is 19.6 Å². The van der Waals surface area contributed by atoms with Gasteiger partial charge in [-0.25, -0.2) is 4.98 Å². The molecule has 0 unspecified atom stereocenters. The molecule has 230 valence electrons. The first-order valence-corrected chi connectivity index (χ1v) is 16.6. The first-order chi connectivity index (χ1) is 22.0. The lowest BCUT2D eigenvalue weighted by molar-refractivity contribution is 0.0581. The number of benzene rings is 3. The summed E-state index contributed by atoms with van der Waals surface area (Å²) in [5, 5.41) is 0.502. The molecule has 0 spiro atoms. The quantitative estimate of drug-likeness (QED) is 0.212. The summed E-state index contributed by atoms with van der Waals surface area (Å²) in [7, 11) is 0. The predicted octanol–water partition coefficient (Wildman–Crippen LogP) is 6.88. The number of hydrogen-bond donors (Lipinski definition) is 0. The molecule has 2 aromatic heterocycles. The van der Waals surface area contributed by atoms with Crippen LogP contribution >= 0.6 is 0 Å². The molecule has 3 aromatic carbocycles. The van der Waals surface area contributed by atoms with Crippen LogP contribution in [0.2, 0.25) is 0 Å². The van der Waals surface area contributed by atoms with Crippen molar-refractivity contribution in [3.8, 4) is 0 Å². The Labute approximate surface area is 263 Å². The average Bonchev–Trinajstić information content (AvgIpc) is 3.54. The molecule has 3 aliphatic rings. The maximum atomic E-state index is 13.6. The third kappa shape index (κ3) is 4.98. The fraction of sp³-hybridized carbons (Fsp3) is 0.395. The number of amides is 1. The largest absolute Gasteiger partial charge is 0.451 e. The zero-order valence-corrected chi connectivity index (χ0v) is 25.9. The van der Waals surface area contributed by atoms with Gasteiger partial charge < -0.3 is 13.9 Å². The molecule has 3 fully saturated rings. The molecule has 0 radical (unpaired) electrons. The van der Waals surface area contributed by atoms with Crippen LogP contribution in [0.4, 0.5) is 0 Å². The van der Waals surface area contributed by atoms with Gasteiger partial charge in [-0.1, -0.05) is 54.6 Å². The molecule has 3 saturated heterocycles. The number of piperidine rings is 2. The number of fused-ring (bicyclic) bond motifs is 4. The zero-order chi connectivity index (χ0) is 30.5. The molecule has 7 heteroatoms. The first kappa shape index (κ1) is 28.3. The number of carbonyl (C=O) groups excluding carboxylic acids is 1. The molecule has 0 aliphatic carbocycles. The molecular weight excluding hydrogens is 560 g/mol. The van der Waals surface area contributed by atoms with Gasteiger partial charge in [0.15, 0.2) is 11.2 Å². The Hall–Kier alpha value is -4.23. The molecule has 0 saturated carbocycles. The maximum Gasteiger partial charge on any atom is 0.289 e. The van der Waals surface area contributed by atoms with Crippen molar-refractivity contribution >= 4 is 27.9 Å². The lowest BCUT2D eigenvalue weighted by Crippen LogP contribution is -2.49. The van der Waals surface area contributed by atoms with E-state index in [2.05, 4.69) is 71.0 Å². The number of carbonyl (C=O) groups is 1. The van der Waals surface area contributed by atoms with Crippen LogP contribution in [0.5, 0.6) is 0 Å². The molecule has 7 nitrogen and oxygen atoms in total. The normalized spacial score (nSPS) is 23.1. The molecule has 3 aliphatic heterocycles. The lowest BCUT2D eigenvalue weighted by Gasteiger charge is -2.45. The minimum Gasteiger partial charge on any atom is -0.451 e. The molecule has 3 atom stereocenters. The Kier molecular flexibility index (Phi) is 7.09. The highest BCUT2D eigenvalue weighted by Crippen LogP contribution is 2.45. The van der Waals surface area contributed by atoms with Gasteiger partial charge in [0.2, 0.25) is 0 Å². The maximum absolute atomic E-state index is 13.6. The van der Waals surface area contributed by atoms with Crippen molar-refractivity contribution in [3.63, 3.8) is 0 Å². The van der Waals surface area contributed by atoms with Crippen LogP contribution in [-0.4, -0.2) is 57.0 Å². The van der Waals surface area contributed by atoms with Gasteiger partial charge in [-0.2, -0.15) is 0 Å². The third-order valence-electron chi connectivity index (χ3n) is 11.1. The van der Waals surface area contributed by atoms with Crippen molar-refractivity contribution in [2.45, 2.75) is 75.4 Å². The highest BCUT2D eigenvalue weighted by Gasteiger charge is 2.44. The highest BCUT2D eigenvalue weighted by atomic mass is 16.3. The van der Waals surface area contributed by atoms with Gasteiger partial charge in [-0.3, -0.25) is 14.5 Å². The average molecular weight is 601 g/mol. The molecule has 0 N–H and O–H groups in total. The van der Waals surface area contributed by atoms with E-state index < -0.39 is 0 Å². The van der Waals surface area contributed by atoms with Gasteiger partial charge in [0.05, 0.1) is 16.4 Å². The number of nitrogens with zero attached hydrogens (tertiary/aromatic N) is 4. The monoisotopic (exact) mass is 600 g/mol. The van der Waals surface area contributed by atoms with Crippen LogP contribution in [-0.2, 0) is 5.41 Å². The van der Waals surface area contributed by atoms with E-state index >= 15 is 0 Å². The second kappa shape index (κ2) is 11.3. The van der Waals surface area contributed by atoms with E-state index in [4.69, 9.17) is 9.40 Å². The van der Waals surface area contributed by atoms with E-state index in [0.717, 1.165) is 37.1 Å². The van der Waals surface area contributed by atoms with Crippen molar-refractivity contribution in [1.29, 1.82) is 0 Å². The number of para-hydroxylation sites is 3. The lowest BCUT2D eigenvalue weighted by atomic mass is 9.70. The number of aryl methyl sites for hydroxylation is 1. The molecule has 5 aromatic rings. The Morgan fingerprint density at radius 3 is 2.36 bits per heavy atom. The molecule has 2 bridgehead atoms. The van der Waals surface area contributed by atoms with Crippen LogP contribution in [0.25, 0.3) is 22.0 Å². The summed E-state index contributed by atoms with van der Waals surface area (Å²) in [6, 6.07) is 29.6. The van der Waals surface area contributed by atoms with E-state index in [1.807, 2.05) is 17.0 Å². The zero-order valence-electron chi connectivity index (χ0n) is 25.9. The summed E-state index contributed by atoms with van der Waals surface area (Å²) in [6.07, 6.45) is 7.76. The molecule has 1 amide bonds. The van der Waals surface area contributed by atoms with Gasteiger partial charge >= 0.3 is 0 Å². The third-order valence-corrected chi connectivity index (χ3v) is 11.1. The number of likely N-dealkylation sites (tertiary alicyclic amines) is 1. The van der Waals surface area contributed by atoms with Gasteiger partial charge in [-0.15, -0.1) is 0 Å². The van der Waals surface area contributed by atoms with Crippen molar-refractivity contribution in [2.24, 2.45) is 0 Å². The van der Waals surface area contributed by atoms with Crippen LogP contribution in [0, 0.1) is 6.92 Å². The minimum atomic E-state index is -0.193. The summed E-state index contributed by atoms with van der Waals surface area (Å²) in [4.78, 5) is 35.8. The minimum absolute atomic E-state index is 0.00961. The van der Waals surface area contributed by atoms with E-state index in [9.17, 15) is 9.59 Å². The fourth-order valence-corrected chi connectivity index (χ4v) is 8.77. The molecule has 5 heterocycles. The Morgan fingerprint density at radius 1 is 0.889 bits per heavy atom. The highest BCUT2D eigenvalue weighted by molar-refractivity contribution is 5.93. The number of hydrogen-bond acceptors (Lipinski definition) is 5. The summed E-state index contributed by atoms with van der Waals surface area (Å²) >= 11 is 0. The Bertz CT molecular complexity index is 1910. The summed E-state index contributed by atoms with van der Waals surface area (Å²) in [6.45, 7) is 4.52. The first-order valence-electron chi connectivity index (χ1n) is 16.6. The van der Waals surface area contributed by atoms with E-state index in [-0.39, 0.29) is 22.5 Å². The Balaban J connectivity index is 0.986. The standard InChI is InChI=1S/C38H40N4O3/c1-26-39-32-12-6-7-13-33(32)42(26)30-23-28-15-16-29(24-30)41(28)22-19-38(27-9-3-2-4-10-27)17-20-40(21-18-38)37(44)36-25-34(43)31-11-5-8-14-35(31)45-36/h2-14,25,28-30H,15-24H2,1H3/t28-,29+,30+. The van der Waals surface area contributed by atoms with Crippen LogP contribution in [0.3, 0.4) is 0 Å². The van der Waals surface area contributed by atoms with E-state index in [1.54, 1.807) is 12.1 Å². The van der Waals surface area contributed by atoms with Gasteiger partial charge in [0.1, 0.15) is 11.4 Å². The molecular formula is C38H40N4O3.